The van der Waals surface area contributed by atoms with Crippen LogP contribution in [-0.4, -0.2) is 18.2 Å². The lowest BCUT2D eigenvalue weighted by Crippen LogP contribution is -1.96. The number of aromatic carboxylic acids is 1. The molecule has 0 aliphatic rings. The molecule has 0 aliphatic heterocycles. The maximum atomic E-state index is 10.7. The molecule has 20 heavy (non-hydrogen) atoms. The van der Waals surface area contributed by atoms with Crippen LogP contribution in [-0.2, 0) is 6.61 Å². The molecular formula is C13H10Br2O5. The zero-order valence-electron chi connectivity index (χ0n) is 10.4. The van der Waals surface area contributed by atoms with E-state index >= 15 is 0 Å². The number of ether oxygens (including phenoxy) is 2. The van der Waals surface area contributed by atoms with Gasteiger partial charge in [-0.05, 0) is 50.1 Å². The number of carboxylic acid groups (broad SMARTS) is 1. The van der Waals surface area contributed by atoms with E-state index in [0.29, 0.717) is 17.3 Å². The molecule has 0 atom stereocenters. The summed E-state index contributed by atoms with van der Waals surface area (Å²) in [6, 6.07) is 4.95. The van der Waals surface area contributed by atoms with Crippen LogP contribution in [0.3, 0.4) is 0 Å². The summed E-state index contributed by atoms with van der Waals surface area (Å²) in [7, 11) is 1.57. The van der Waals surface area contributed by atoms with Crippen LogP contribution in [0.5, 0.6) is 11.5 Å². The zero-order chi connectivity index (χ0) is 14.7. The molecule has 0 unspecified atom stereocenters. The van der Waals surface area contributed by atoms with E-state index in [4.69, 9.17) is 19.0 Å². The molecular weight excluding hydrogens is 396 g/mol. The standard InChI is InChI=1S/C13H10Br2O5/c1-18-11-3-10(15)12(4-9(11)14)20-6-8-2-7(5-19-8)13(16)17/h2-5H,6H2,1H3,(H,16,17). The summed E-state index contributed by atoms with van der Waals surface area (Å²) in [5.41, 5.74) is 0.0959. The highest BCUT2D eigenvalue weighted by molar-refractivity contribution is 9.11. The van der Waals surface area contributed by atoms with Crippen molar-refractivity contribution in [1.29, 1.82) is 0 Å². The molecule has 0 amide bonds. The Kier molecular flexibility index (Phi) is 4.72. The third-order valence-corrected chi connectivity index (χ3v) is 3.72. The van der Waals surface area contributed by atoms with E-state index in [1.165, 1.54) is 12.3 Å². The highest BCUT2D eigenvalue weighted by Crippen LogP contribution is 2.36. The minimum absolute atomic E-state index is 0.0959. The molecule has 0 radical (unpaired) electrons. The second kappa shape index (κ2) is 6.32. The van der Waals surface area contributed by atoms with Crippen LogP contribution in [0.15, 0.2) is 37.8 Å². The van der Waals surface area contributed by atoms with Gasteiger partial charge in [0, 0.05) is 0 Å². The molecule has 2 aromatic rings. The lowest BCUT2D eigenvalue weighted by molar-refractivity contribution is 0.0696. The smallest absolute Gasteiger partial charge is 0.338 e. The van der Waals surface area contributed by atoms with Crippen molar-refractivity contribution < 1.29 is 23.8 Å². The Labute approximate surface area is 131 Å². The predicted octanol–water partition coefficient (Wildman–Crippen LogP) is 4.09. The quantitative estimate of drug-likeness (QED) is 0.811. The second-order valence-corrected chi connectivity index (χ2v) is 5.52. The van der Waals surface area contributed by atoms with Crippen molar-refractivity contribution >= 4 is 37.8 Å². The van der Waals surface area contributed by atoms with Gasteiger partial charge in [-0.2, -0.15) is 0 Å². The third kappa shape index (κ3) is 3.34. The summed E-state index contributed by atoms with van der Waals surface area (Å²) >= 11 is 6.74. The highest BCUT2D eigenvalue weighted by atomic mass is 79.9. The average molecular weight is 406 g/mol. The minimum Gasteiger partial charge on any atom is -0.496 e. The first kappa shape index (κ1) is 14.9. The molecule has 1 heterocycles. The Morgan fingerprint density at radius 2 is 1.90 bits per heavy atom. The number of hydrogen-bond donors (Lipinski definition) is 1. The Morgan fingerprint density at radius 1 is 1.25 bits per heavy atom. The summed E-state index contributed by atoms with van der Waals surface area (Å²) in [6.07, 6.45) is 1.18. The molecule has 2 rings (SSSR count). The lowest BCUT2D eigenvalue weighted by Gasteiger charge is -2.10. The van der Waals surface area contributed by atoms with E-state index < -0.39 is 5.97 Å². The molecule has 0 spiro atoms. The number of halogens is 2. The Balaban J connectivity index is 2.10. The van der Waals surface area contributed by atoms with E-state index in [2.05, 4.69) is 31.9 Å². The van der Waals surface area contributed by atoms with Crippen molar-refractivity contribution in [1.82, 2.24) is 0 Å². The first-order chi connectivity index (χ1) is 9.51. The summed E-state index contributed by atoms with van der Waals surface area (Å²) in [5, 5.41) is 8.79. The van der Waals surface area contributed by atoms with Crippen LogP contribution < -0.4 is 9.47 Å². The van der Waals surface area contributed by atoms with Crippen LogP contribution in [0.4, 0.5) is 0 Å². The van der Waals surface area contributed by atoms with Crippen LogP contribution in [0.1, 0.15) is 16.1 Å². The lowest BCUT2D eigenvalue weighted by atomic mass is 10.3. The molecule has 1 N–H and O–H groups in total. The van der Waals surface area contributed by atoms with E-state index in [1.807, 2.05) is 0 Å². The SMILES string of the molecule is COc1cc(Br)c(OCc2cc(C(=O)O)co2)cc1Br. The van der Waals surface area contributed by atoms with Gasteiger partial charge in [-0.1, -0.05) is 0 Å². The summed E-state index contributed by atoms with van der Waals surface area (Å²) < 4.78 is 17.3. The molecule has 5 nitrogen and oxygen atoms in total. The normalized spacial score (nSPS) is 10.3. The Bertz CT molecular complexity index is 636. The molecule has 106 valence electrons. The molecule has 1 aromatic heterocycles. The number of carboxylic acids is 1. The average Bonchev–Trinajstić information content (AvgIpc) is 2.88. The van der Waals surface area contributed by atoms with E-state index in [9.17, 15) is 4.79 Å². The number of carbonyl (C=O) groups is 1. The van der Waals surface area contributed by atoms with Gasteiger partial charge < -0.3 is 19.0 Å². The fourth-order valence-electron chi connectivity index (χ4n) is 1.49. The second-order valence-electron chi connectivity index (χ2n) is 3.81. The molecule has 0 fully saturated rings. The predicted molar refractivity (Wildman–Crippen MR) is 78.4 cm³/mol. The number of benzene rings is 1. The topological polar surface area (TPSA) is 68.9 Å². The van der Waals surface area contributed by atoms with Gasteiger partial charge in [0.2, 0.25) is 0 Å². The maximum absolute atomic E-state index is 10.7. The number of methoxy groups -OCH3 is 1. The van der Waals surface area contributed by atoms with Gasteiger partial charge in [0.15, 0.2) is 0 Å². The third-order valence-electron chi connectivity index (χ3n) is 2.48. The van der Waals surface area contributed by atoms with Crippen molar-refractivity contribution in [2.75, 3.05) is 7.11 Å². The highest BCUT2D eigenvalue weighted by Gasteiger charge is 2.11. The minimum atomic E-state index is -1.03. The van der Waals surface area contributed by atoms with Crippen molar-refractivity contribution in [3.05, 3.63) is 44.7 Å². The van der Waals surface area contributed by atoms with Gasteiger partial charge >= 0.3 is 5.97 Å². The van der Waals surface area contributed by atoms with Crippen LogP contribution >= 0.6 is 31.9 Å². The van der Waals surface area contributed by atoms with Crippen molar-refractivity contribution in [2.45, 2.75) is 6.61 Å². The number of furan rings is 1. The fraction of sp³-hybridized carbons (Fsp3) is 0.154. The van der Waals surface area contributed by atoms with Gasteiger partial charge in [0.1, 0.15) is 30.1 Å². The van der Waals surface area contributed by atoms with Crippen LogP contribution in [0, 0.1) is 0 Å². The van der Waals surface area contributed by atoms with E-state index in [1.54, 1.807) is 19.2 Å². The molecule has 0 saturated heterocycles. The van der Waals surface area contributed by atoms with Gasteiger partial charge in [-0.15, -0.1) is 0 Å². The van der Waals surface area contributed by atoms with Crippen LogP contribution in [0.2, 0.25) is 0 Å². The van der Waals surface area contributed by atoms with Gasteiger partial charge in [-0.3, -0.25) is 0 Å². The van der Waals surface area contributed by atoms with Crippen LogP contribution in [0.25, 0.3) is 0 Å². The molecule has 0 saturated carbocycles. The van der Waals surface area contributed by atoms with Gasteiger partial charge in [0.05, 0.1) is 21.6 Å². The Morgan fingerprint density at radius 3 is 2.50 bits per heavy atom. The van der Waals surface area contributed by atoms with Crippen molar-refractivity contribution in [2.24, 2.45) is 0 Å². The Hall–Kier alpha value is -1.47. The van der Waals surface area contributed by atoms with Gasteiger partial charge in [0.25, 0.3) is 0 Å². The van der Waals surface area contributed by atoms with Crippen molar-refractivity contribution in [3.63, 3.8) is 0 Å². The zero-order valence-corrected chi connectivity index (χ0v) is 13.5. The molecule has 1 aromatic carbocycles. The first-order valence-electron chi connectivity index (χ1n) is 5.47. The number of hydrogen-bond acceptors (Lipinski definition) is 4. The van der Waals surface area contributed by atoms with E-state index in [-0.39, 0.29) is 12.2 Å². The number of rotatable bonds is 5. The van der Waals surface area contributed by atoms with E-state index in [0.717, 1.165) is 8.95 Å². The summed E-state index contributed by atoms with van der Waals surface area (Å²) in [6.45, 7) is 0.130. The van der Waals surface area contributed by atoms with Crippen molar-refractivity contribution in [3.8, 4) is 11.5 Å². The summed E-state index contributed by atoms with van der Waals surface area (Å²) in [5.74, 6) is 0.663. The summed E-state index contributed by atoms with van der Waals surface area (Å²) in [4.78, 5) is 10.7. The fourth-order valence-corrected chi connectivity index (χ4v) is 2.42. The molecule has 0 aliphatic carbocycles. The maximum Gasteiger partial charge on any atom is 0.338 e. The first-order valence-corrected chi connectivity index (χ1v) is 7.06. The molecule has 0 bridgehead atoms. The molecule has 7 heteroatoms. The monoisotopic (exact) mass is 404 g/mol. The van der Waals surface area contributed by atoms with Gasteiger partial charge in [-0.25, -0.2) is 4.79 Å². The largest absolute Gasteiger partial charge is 0.496 e.